The lowest BCUT2D eigenvalue weighted by Gasteiger charge is -2.26. The van der Waals surface area contributed by atoms with E-state index in [1.807, 2.05) is 30.0 Å². The molecule has 1 N–H and O–H groups in total. The zero-order chi connectivity index (χ0) is 16.2. The number of hydrogen-bond donors (Lipinski definition) is 1. The Morgan fingerprint density at radius 2 is 2.09 bits per heavy atom. The van der Waals surface area contributed by atoms with Crippen molar-refractivity contribution in [2.45, 2.75) is 51.0 Å². The first kappa shape index (κ1) is 16.0. The zero-order valence-electron chi connectivity index (χ0n) is 14.2. The van der Waals surface area contributed by atoms with Gasteiger partial charge in [-0.15, -0.1) is 0 Å². The number of anilines is 2. The minimum atomic E-state index is -0.0543. The van der Waals surface area contributed by atoms with Crippen LogP contribution in [0.1, 0.15) is 44.9 Å². The number of likely N-dealkylation sites (tertiary alicyclic amines) is 1. The molecule has 2 amide bonds. The van der Waals surface area contributed by atoms with Gasteiger partial charge in [-0.25, -0.2) is 9.78 Å². The largest absolute Gasteiger partial charge is 0.363 e. The lowest BCUT2D eigenvalue weighted by atomic mass is 9.97. The Kier molecular flexibility index (Phi) is 4.98. The van der Waals surface area contributed by atoms with Gasteiger partial charge in [0.2, 0.25) is 5.95 Å². The van der Waals surface area contributed by atoms with Gasteiger partial charge in [-0.1, -0.05) is 25.7 Å². The van der Waals surface area contributed by atoms with E-state index in [1.54, 1.807) is 6.20 Å². The van der Waals surface area contributed by atoms with E-state index in [4.69, 9.17) is 0 Å². The van der Waals surface area contributed by atoms with E-state index >= 15 is 0 Å². The molecule has 6 nitrogen and oxygen atoms in total. The van der Waals surface area contributed by atoms with Gasteiger partial charge in [0.15, 0.2) is 0 Å². The first-order valence-electron chi connectivity index (χ1n) is 8.71. The van der Waals surface area contributed by atoms with Gasteiger partial charge in [0.1, 0.15) is 5.82 Å². The second-order valence-electron chi connectivity index (χ2n) is 6.94. The highest BCUT2D eigenvalue weighted by Gasteiger charge is 2.31. The van der Waals surface area contributed by atoms with Crippen molar-refractivity contribution in [3.63, 3.8) is 0 Å². The van der Waals surface area contributed by atoms with E-state index in [0.29, 0.717) is 12.0 Å². The maximum atomic E-state index is 12.6. The van der Waals surface area contributed by atoms with Gasteiger partial charge in [0, 0.05) is 32.9 Å². The van der Waals surface area contributed by atoms with Crippen LogP contribution in [0.5, 0.6) is 0 Å². The van der Waals surface area contributed by atoms with Gasteiger partial charge >= 0.3 is 6.03 Å². The van der Waals surface area contributed by atoms with Crippen molar-refractivity contribution in [1.82, 2.24) is 14.9 Å². The van der Waals surface area contributed by atoms with Crippen molar-refractivity contribution in [3.8, 4) is 0 Å². The maximum absolute atomic E-state index is 12.6. The van der Waals surface area contributed by atoms with Crippen LogP contribution in [0.4, 0.5) is 16.6 Å². The molecular formula is C17H27N5O. The van der Waals surface area contributed by atoms with Gasteiger partial charge in [-0.2, -0.15) is 4.98 Å². The van der Waals surface area contributed by atoms with Gasteiger partial charge < -0.3 is 9.80 Å². The van der Waals surface area contributed by atoms with Crippen LogP contribution in [-0.4, -0.2) is 47.6 Å². The molecule has 0 aromatic carbocycles. The Balaban J connectivity index is 1.61. The highest BCUT2D eigenvalue weighted by atomic mass is 16.2. The molecule has 1 aromatic rings. The molecule has 0 bridgehead atoms. The van der Waals surface area contributed by atoms with E-state index in [-0.39, 0.29) is 6.03 Å². The highest BCUT2D eigenvalue weighted by Crippen LogP contribution is 2.33. The number of amides is 2. The monoisotopic (exact) mass is 317 g/mol. The molecule has 1 atom stereocenters. The van der Waals surface area contributed by atoms with Gasteiger partial charge in [-0.05, 0) is 31.2 Å². The molecule has 23 heavy (non-hydrogen) atoms. The summed E-state index contributed by atoms with van der Waals surface area (Å²) in [5, 5.41) is 2.87. The number of hydrogen-bond acceptors (Lipinski definition) is 4. The summed E-state index contributed by atoms with van der Waals surface area (Å²) in [6.45, 7) is 0.844. The summed E-state index contributed by atoms with van der Waals surface area (Å²) < 4.78 is 0. The fourth-order valence-electron chi connectivity index (χ4n) is 3.80. The average molecular weight is 317 g/mol. The van der Waals surface area contributed by atoms with E-state index in [1.165, 1.54) is 25.7 Å². The molecule has 1 unspecified atom stereocenters. The molecule has 126 valence electrons. The van der Waals surface area contributed by atoms with Crippen LogP contribution in [0, 0.1) is 5.92 Å². The Bertz CT molecular complexity index is 542. The smallest absolute Gasteiger partial charge is 0.324 e. The van der Waals surface area contributed by atoms with E-state index in [9.17, 15) is 4.79 Å². The number of carbonyl (C=O) groups is 1. The second kappa shape index (κ2) is 7.15. The fraction of sp³-hybridized carbons (Fsp3) is 0.706. The third-order valence-electron chi connectivity index (χ3n) is 5.04. The number of nitrogens with one attached hydrogen (secondary N) is 1. The van der Waals surface area contributed by atoms with Crippen LogP contribution >= 0.6 is 0 Å². The summed E-state index contributed by atoms with van der Waals surface area (Å²) in [5.74, 6) is 1.98. The van der Waals surface area contributed by atoms with E-state index in [0.717, 1.165) is 37.5 Å². The summed E-state index contributed by atoms with van der Waals surface area (Å²) in [6.07, 6.45) is 10.4. The van der Waals surface area contributed by atoms with Crippen LogP contribution in [0.2, 0.25) is 0 Å². The van der Waals surface area contributed by atoms with Crippen molar-refractivity contribution in [3.05, 3.63) is 12.3 Å². The number of nitrogens with zero attached hydrogens (tertiary/aromatic N) is 4. The van der Waals surface area contributed by atoms with Crippen molar-refractivity contribution in [2.75, 3.05) is 30.9 Å². The maximum Gasteiger partial charge on any atom is 0.324 e. The Labute approximate surface area is 138 Å². The summed E-state index contributed by atoms with van der Waals surface area (Å²) in [5.41, 5.74) is 0. The molecule has 1 aliphatic heterocycles. The third-order valence-corrected chi connectivity index (χ3v) is 5.04. The van der Waals surface area contributed by atoms with Crippen molar-refractivity contribution in [1.29, 1.82) is 0 Å². The predicted octanol–water partition coefficient (Wildman–Crippen LogP) is 3.12. The Morgan fingerprint density at radius 3 is 2.83 bits per heavy atom. The molecule has 3 rings (SSSR count). The number of carbonyl (C=O) groups excluding carboxylic acids is 1. The molecular weight excluding hydrogens is 290 g/mol. The van der Waals surface area contributed by atoms with Crippen LogP contribution in [-0.2, 0) is 0 Å². The molecule has 0 spiro atoms. The molecule has 1 saturated carbocycles. The summed E-state index contributed by atoms with van der Waals surface area (Å²) in [7, 11) is 3.85. The SMILES string of the molecule is CN(C)c1ccnc(NC(=O)N2CCCC2CC2CCCC2)n1. The van der Waals surface area contributed by atoms with Gasteiger partial charge in [-0.3, -0.25) is 5.32 Å². The lowest BCUT2D eigenvalue weighted by molar-refractivity contribution is 0.197. The molecule has 1 aromatic heterocycles. The first-order valence-corrected chi connectivity index (χ1v) is 8.71. The summed E-state index contributed by atoms with van der Waals surface area (Å²) >= 11 is 0. The van der Waals surface area contributed by atoms with E-state index < -0.39 is 0 Å². The molecule has 2 aliphatic rings. The predicted molar refractivity (Wildman–Crippen MR) is 91.7 cm³/mol. The molecule has 2 fully saturated rings. The first-order chi connectivity index (χ1) is 11.1. The number of urea groups is 1. The van der Waals surface area contributed by atoms with Crippen molar-refractivity contribution < 1.29 is 4.79 Å². The molecule has 2 heterocycles. The third kappa shape index (κ3) is 3.92. The lowest BCUT2D eigenvalue weighted by Crippen LogP contribution is -2.39. The minimum absolute atomic E-state index is 0.0543. The van der Waals surface area contributed by atoms with Crippen LogP contribution < -0.4 is 10.2 Å². The minimum Gasteiger partial charge on any atom is -0.363 e. The topological polar surface area (TPSA) is 61.4 Å². The highest BCUT2D eigenvalue weighted by molar-refractivity contribution is 5.88. The Hall–Kier alpha value is -1.85. The Morgan fingerprint density at radius 1 is 1.30 bits per heavy atom. The van der Waals surface area contributed by atoms with Gasteiger partial charge in [0.05, 0.1) is 0 Å². The summed E-state index contributed by atoms with van der Waals surface area (Å²) in [4.78, 5) is 25.0. The normalized spacial score (nSPS) is 21.7. The number of rotatable bonds is 4. The van der Waals surface area contributed by atoms with Crippen molar-refractivity contribution >= 4 is 17.8 Å². The average Bonchev–Trinajstić information content (AvgIpc) is 3.19. The van der Waals surface area contributed by atoms with E-state index in [2.05, 4.69) is 15.3 Å². The summed E-state index contributed by atoms with van der Waals surface area (Å²) in [6, 6.07) is 2.16. The molecule has 6 heteroatoms. The standard InChI is InChI=1S/C17H27N5O/c1-21(2)15-9-10-18-16(19-15)20-17(23)22-11-5-8-14(22)12-13-6-3-4-7-13/h9-10,13-14H,3-8,11-12H2,1-2H3,(H,18,19,20,23). The van der Waals surface area contributed by atoms with Crippen LogP contribution in [0.25, 0.3) is 0 Å². The molecule has 1 aliphatic carbocycles. The molecule has 0 radical (unpaired) electrons. The number of aromatic nitrogens is 2. The second-order valence-corrected chi connectivity index (χ2v) is 6.94. The quantitative estimate of drug-likeness (QED) is 0.927. The molecule has 1 saturated heterocycles. The van der Waals surface area contributed by atoms with Crippen LogP contribution in [0.15, 0.2) is 12.3 Å². The fourth-order valence-corrected chi connectivity index (χ4v) is 3.80. The van der Waals surface area contributed by atoms with Gasteiger partial charge in [0.25, 0.3) is 0 Å². The van der Waals surface area contributed by atoms with Crippen LogP contribution in [0.3, 0.4) is 0 Å². The zero-order valence-corrected chi connectivity index (χ0v) is 14.2. The van der Waals surface area contributed by atoms with Crippen molar-refractivity contribution in [2.24, 2.45) is 5.92 Å².